The molecule has 1 atom stereocenters. The number of ether oxygens (including phenoxy) is 1. The number of hydrogen-bond acceptors (Lipinski definition) is 4. The second-order valence-corrected chi connectivity index (χ2v) is 8.41. The van der Waals surface area contributed by atoms with Crippen LogP contribution in [0, 0.1) is 0 Å². The van der Waals surface area contributed by atoms with Crippen LogP contribution in [0.1, 0.15) is 48.5 Å². The van der Waals surface area contributed by atoms with Crippen LogP contribution in [0.25, 0.3) is 0 Å². The summed E-state index contributed by atoms with van der Waals surface area (Å²) in [7, 11) is 0. The number of nitrogens with one attached hydrogen (secondary N) is 3. The smallest absolute Gasteiger partial charge is 0.408 e. The monoisotopic (exact) mass is 346 g/mol. The second kappa shape index (κ2) is 9.90. The molecule has 0 aliphatic carbocycles. The molecule has 3 N–H and O–H groups in total. The van der Waals surface area contributed by atoms with Crippen molar-refractivity contribution in [2.24, 2.45) is 4.99 Å². The predicted octanol–water partition coefficient (Wildman–Crippen LogP) is 2.60. The van der Waals surface area contributed by atoms with Gasteiger partial charge in [0.05, 0.1) is 12.1 Å². The number of aliphatic imine (C=N–C) groups is 1. The van der Waals surface area contributed by atoms with Crippen molar-refractivity contribution < 1.29 is 9.53 Å². The van der Waals surface area contributed by atoms with Crippen LogP contribution < -0.4 is 16.0 Å². The van der Waals surface area contributed by atoms with Gasteiger partial charge in [-0.05, 0) is 47.8 Å². The van der Waals surface area contributed by atoms with Gasteiger partial charge in [0, 0.05) is 18.3 Å². The van der Waals surface area contributed by atoms with E-state index in [1.54, 1.807) is 11.8 Å². The predicted molar refractivity (Wildman–Crippen MR) is 100 cm³/mol. The fraction of sp³-hybridized carbons (Fsp3) is 0.875. The van der Waals surface area contributed by atoms with E-state index in [9.17, 15) is 4.79 Å². The number of guanidine groups is 1. The van der Waals surface area contributed by atoms with Crippen molar-refractivity contribution >= 4 is 23.8 Å². The van der Waals surface area contributed by atoms with Gasteiger partial charge >= 0.3 is 6.09 Å². The molecule has 0 rings (SSSR count). The van der Waals surface area contributed by atoms with Crippen molar-refractivity contribution in [3.63, 3.8) is 0 Å². The van der Waals surface area contributed by atoms with Crippen LogP contribution in [-0.2, 0) is 4.74 Å². The van der Waals surface area contributed by atoms with Crippen molar-refractivity contribution in [2.45, 2.75) is 64.9 Å². The Kier molecular flexibility index (Phi) is 9.42. The highest BCUT2D eigenvalue weighted by Gasteiger charge is 2.24. The van der Waals surface area contributed by atoms with Crippen LogP contribution in [0.3, 0.4) is 0 Å². The van der Waals surface area contributed by atoms with Gasteiger partial charge in [-0.25, -0.2) is 4.79 Å². The van der Waals surface area contributed by atoms with Crippen LogP contribution in [0.5, 0.6) is 0 Å². The summed E-state index contributed by atoms with van der Waals surface area (Å²) < 4.78 is 5.29. The van der Waals surface area contributed by atoms with Crippen molar-refractivity contribution in [3.05, 3.63) is 0 Å². The van der Waals surface area contributed by atoms with E-state index in [0.717, 1.165) is 19.0 Å². The van der Waals surface area contributed by atoms with Gasteiger partial charge in [0.25, 0.3) is 0 Å². The Morgan fingerprint density at radius 1 is 1.22 bits per heavy atom. The lowest BCUT2D eigenvalue weighted by molar-refractivity contribution is 0.0476. The van der Waals surface area contributed by atoms with E-state index in [2.05, 4.69) is 34.1 Å². The molecule has 0 saturated heterocycles. The average Bonchev–Trinajstić information content (AvgIpc) is 2.38. The molecule has 6 nitrogen and oxygen atoms in total. The zero-order valence-corrected chi connectivity index (χ0v) is 16.7. The van der Waals surface area contributed by atoms with Crippen LogP contribution in [-0.4, -0.2) is 54.3 Å². The third kappa shape index (κ3) is 12.0. The molecule has 0 aliphatic heterocycles. The molecule has 7 heteroatoms. The second-order valence-electron chi connectivity index (χ2n) is 7.13. The Balaban J connectivity index is 4.60. The zero-order chi connectivity index (χ0) is 18.1. The fourth-order valence-electron chi connectivity index (χ4n) is 1.56. The summed E-state index contributed by atoms with van der Waals surface area (Å²) in [6.07, 6.45) is 1.66. The minimum absolute atomic E-state index is 0.424. The van der Waals surface area contributed by atoms with Gasteiger partial charge in [-0.15, -0.1) is 0 Å². The van der Waals surface area contributed by atoms with Crippen LogP contribution in [0.4, 0.5) is 4.79 Å². The van der Waals surface area contributed by atoms with E-state index in [0.29, 0.717) is 11.8 Å². The number of hydrogen-bond donors (Lipinski definition) is 3. The molecular formula is C16H34N4O2S. The summed E-state index contributed by atoms with van der Waals surface area (Å²) in [4.78, 5) is 16.4. The highest BCUT2D eigenvalue weighted by molar-refractivity contribution is 7.99. The van der Waals surface area contributed by atoms with Crippen LogP contribution in [0.2, 0.25) is 0 Å². The molecule has 136 valence electrons. The molecule has 0 aromatic rings. The van der Waals surface area contributed by atoms with Gasteiger partial charge in [-0.2, -0.15) is 11.8 Å². The Morgan fingerprint density at radius 3 is 2.30 bits per heavy atom. The summed E-state index contributed by atoms with van der Waals surface area (Å²) >= 11 is 1.80. The van der Waals surface area contributed by atoms with Gasteiger partial charge in [0.2, 0.25) is 0 Å². The Labute approximate surface area is 145 Å². The normalized spacial score (nSPS) is 14.2. The zero-order valence-electron chi connectivity index (χ0n) is 15.9. The maximum absolute atomic E-state index is 11.9. The van der Waals surface area contributed by atoms with Gasteiger partial charge in [-0.1, -0.05) is 6.92 Å². The third-order valence-electron chi connectivity index (χ3n) is 2.78. The lowest BCUT2D eigenvalue weighted by Crippen LogP contribution is -2.49. The van der Waals surface area contributed by atoms with Crippen molar-refractivity contribution in [1.29, 1.82) is 0 Å². The number of amides is 1. The summed E-state index contributed by atoms with van der Waals surface area (Å²) in [6, 6.07) is 0. The summed E-state index contributed by atoms with van der Waals surface area (Å²) in [6.45, 7) is 15.7. The largest absolute Gasteiger partial charge is 0.444 e. The quantitative estimate of drug-likeness (QED) is 0.488. The first-order valence-corrected chi connectivity index (χ1v) is 9.34. The molecule has 1 unspecified atom stereocenters. The lowest BCUT2D eigenvalue weighted by Gasteiger charge is -2.27. The first kappa shape index (κ1) is 21.9. The minimum Gasteiger partial charge on any atom is -0.444 e. The number of nitrogens with zero attached hydrogens (tertiary/aromatic N) is 1. The first-order chi connectivity index (χ1) is 10.5. The number of alkyl carbamates (subject to hydrolysis) is 1. The Bertz CT molecular complexity index is 392. The molecule has 0 aromatic carbocycles. The molecule has 0 heterocycles. The Hall–Kier alpha value is -1.11. The molecule has 23 heavy (non-hydrogen) atoms. The molecule has 0 spiro atoms. The SMILES string of the molecule is CCNC(=NCC(C)(C)NC(=O)OC(C)(C)C)NCC(C)SC. The van der Waals surface area contributed by atoms with E-state index in [-0.39, 0.29) is 0 Å². The number of carbonyl (C=O) groups is 1. The summed E-state index contributed by atoms with van der Waals surface area (Å²) in [5.41, 5.74) is -0.996. The summed E-state index contributed by atoms with van der Waals surface area (Å²) in [5.74, 6) is 0.757. The molecular weight excluding hydrogens is 312 g/mol. The van der Waals surface area contributed by atoms with E-state index < -0.39 is 17.2 Å². The highest BCUT2D eigenvalue weighted by Crippen LogP contribution is 2.10. The van der Waals surface area contributed by atoms with E-state index in [1.807, 2.05) is 41.5 Å². The maximum atomic E-state index is 11.9. The number of carbonyl (C=O) groups excluding carboxylic acids is 1. The van der Waals surface area contributed by atoms with E-state index in [4.69, 9.17) is 4.74 Å². The van der Waals surface area contributed by atoms with Gasteiger partial charge in [-0.3, -0.25) is 4.99 Å². The maximum Gasteiger partial charge on any atom is 0.408 e. The Morgan fingerprint density at radius 2 is 1.83 bits per heavy atom. The standard InChI is InChI=1S/C16H34N4O2S/c1-9-17-13(18-10-12(2)23-8)19-11-16(6,7)20-14(21)22-15(3,4)5/h12H,9-11H2,1-8H3,(H,20,21)(H2,17,18,19). The fourth-order valence-corrected chi connectivity index (χ4v) is 1.81. The molecule has 0 fully saturated rings. The summed E-state index contributed by atoms with van der Waals surface area (Å²) in [5, 5.41) is 9.89. The van der Waals surface area contributed by atoms with Crippen molar-refractivity contribution in [3.8, 4) is 0 Å². The molecule has 0 aromatic heterocycles. The topological polar surface area (TPSA) is 74.8 Å². The molecule has 0 saturated carbocycles. The third-order valence-corrected chi connectivity index (χ3v) is 3.75. The number of rotatable bonds is 7. The van der Waals surface area contributed by atoms with E-state index >= 15 is 0 Å². The minimum atomic E-state index is -0.506. The molecule has 0 radical (unpaired) electrons. The van der Waals surface area contributed by atoms with Crippen LogP contribution >= 0.6 is 11.8 Å². The van der Waals surface area contributed by atoms with Gasteiger partial charge in [0.15, 0.2) is 5.96 Å². The first-order valence-electron chi connectivity index (χ1n) is 8.05. The highest BCUT2D eigenvalue weighted by atomic mass is 32.2. The van der Waals surface area contributed by atoms with Gasteiger partial charge < -0.3 is 20.7 Å². The molecule has 0 bridgehead atoms. The number of thioether (sulfide) groups is 1. The van der Waals surface area contributed by atoms with E-state index in [1.165, 1.54) is 0 Å². The van der Waals surface area contributed by atoms with Crippen molar-refractivity contribution in [2.75, 3.05) is 25.9 Å². The van der Waals surface area contributed by atoms with Crippen LogP contribution in [0.15, 0.2) is 4.99 Å². The van der Waals surface area contributed by atoms with Crippen molar-refractivity contribution in [1.82, 2.24) is 16.0 Å². The molecule has 0 aliphatic rings. The van der Waals surface area contributed by atoms with Gasteiger partial charge in [0.1, 0.15) is 5.60 Å². The average molecular weight is 347 g/mol. The lowest BCUT2D eigenvalue weighted by atomic mass is 10.1. The molecule has 1 amide bonds.